The third-order valence-electron chi connectivity index (χ3n) is 3.41. The van der Waals surface area contributed by atoms with Gasteiger partial charge in [-0.1, -0.05) is 6.92 Å². The Labute approximate surface area is 109 Å². The Balaban J connectivity index is 2.31. The molecule has 0 spiro atoms. The molecule has 104 valence electrons. The van der Waals surface area contributed by atoms with Gasteiger partial charge in [0.05, 0.1) is 29.4 Å². The number of hydrogen-bond donors (Lipinski definition) is 1. The van der Waals surface area contributed by atoms with E-state index in [0.717, 1.165) is 6.07 Å². The summed E-state index contributed by atoms with van der Waals surface area (Å²) >= 11 is 0. The lowest BCUT2D eigenvalue weighted by atomic mass is 9.90. The molecule has 0 atom stereocenters. The fourth-order valence-electron chi connectivity index (χ4n) is 2.14. The highest BCUT2D eigenvalue weighted by atomic mass is 19.1. The molecule has 0 aromatic heterocycles. The molecular weight excluding hydrogens is 255 g/mol. The first-order chi connectivity index (χ1) is 8.90. The van der Waals surface area contributed by atoms with E-state index in [0.29, 0.717) is 19.5 Å². The number of methoxy groups -OCH3 is 1. The van der Waals surface area contributed by atoms with Crippen LogP contribution in [0.25, 0.3) is 0 Å². The van der Waals surface area contributed by atoms with Gasteiger partial charge in [-0.05, 0) is 6.42 Å². The Morgan fingerprint density at radius 2 is 2.21 bits per heavy atom. The van der Waals surface area contributed by atoms with Crippen molar-refractivity contribution in [3.05, 3.63) is 28.1 Å². The van der Waals surface area contributed by atoms with E-state index in [2.05, 4.69) is 0 Å². The van der Waals surface area contributed by atoms with Gasteiger partial charge in [0.15, 0.2) is 11.6 Å². The van der Waals surface area contributed by atoms with Crippen molar-refractivity contribution in [1.29, 1.82) is 0 Å². The molecule has 1 aromatic rings. The number of anilines is 1. The fourth-order valence-corrected chi connectivity index (χ4v) is 2.14. The normalized spacial score (nSPS) is 16.9. The molecule has 2 rings (SSSR count). The van der Waals surface area contributed by atoms with Crippen LogP contribution >= 0.6 is 0 Å². The van der Waals surface area contributed by atoms with Gasteiger partial charge in [-0.2, -0.15) is 0 Å². The van der Waals surface area contributed by atoms with E-state index in [1.165, 1.54) is 13.2 Å². The summed E-state index contributed by atoms with van der Waals surface area (Å²) in [7, 11) is 1.29. The quantitative estimate of drug-likeness (QED) is 0.665. The number of nitro benzene ring substituents is 1. The average molecular weight is 270 g/mol. The molecule has 0 unspecified atom stereocenters. The van der Waals surface area contributed by atoms with E-state index in [-0.39, 0.29) is 11.4 Å². The van der Waals surface area contributed by atoms with Crippen LogP contribution in [0.5, 0.6) is 5.75 Å². The first kappa shape index (κ1) is 13.5. The van der Waals surface area contributed by atoms with E-state index in [9.17, 15) is 19.6 Å². The molecule has 0 bridgehead atoms. The predicted octanol–water partition coefficient (Wildman–Crippen LogP) is 1.70. The number of rotatable bonds is 4. The van der Waals surface area contributed by atoms with Crippen LogP contribution in [0.2, 0.25) is 0 Å². The third kappa shape index (κ3) is 2.33. The minimum Gasteiger partial charge on any atom is -0.490 e. The monoisotopic (exact) mass is 270 g/mol. The van der Waals surface area contributed by atoms with Crippen molar-refractivity contribution in [2.24, 2.45) is 0 Å². The van der Waals surface area contributed by atoms with E-state index < -0.39 is 22.0 Å². The summed E-state index contributed by atoms with van der Waals surface area (Å²) in [6, 6.07) is 2.14. The lowest BCUT2D eigenvalue weighted by Gasteiger charge is -2.47. The zero-order chi connectivity index (χ0) is 14.2. The molecule has 0 radical (unpaired) electrons. The first-order valence-electron chi connectivity index (χ1n) is 5.89. The maximum absolute atomic E-state index is 13.9. The highest BCUT2D eigenvalue weighted by Crippen LogP contribution is 2.38. The molecule has 7 heteroatoms. The van der Waals surface area contributed by atoms with Gasteiger partial charge < -0.3 is 14.7 Å². The number of ether oxygens (including phenoxy) is 1. The summed E-state index contributed by atoms with van der Waals surface area (Å²) in [6.45, 7) is 2.47. The van der Waals surface area contributed by atoms with Crippen LogP contribution in [0.3, 0.4) is 0 Å². The summed E-state index contributed by atoms with van der Waals surface area (Å²) in [6.07, 6.45) is 0.579. The Morgan fingerprint density at radius 3 is 2.68 bits per heavy atom. The van der Waals surface area contributed by atoms with Crippen LogP contribution in [0.15, 0.2) is 12.1 Å². The van der Waals surface area contributed by atoms with E-state index in [1.54, 1.807) is 4.90 Å². The van der Waals surface area contributed by atoms with Gasteiger partial charge in [-0.3, -0.25) is 10.1 Å². The summed E-state index contributed by atoms with van der Waals surface area (Å²) in [5.74, 6) is -0.681. The van der Waals surface area contributed by atoms with Crippen LogP contribution < -0.4 is 9.64 Å². The second-order valence-electron chi connectivity index (χ2n) is 4.67. The SMILES string of the molecule is CCC1(O)CN(c2cc(OC)c([N+](=O)[O-])cc2F)C1. The molecule has 1 heterocycles. The van der Waals surface area contributed by atoms with Crippen LogP contribution in [-0.4, -0.2) is 35.8 Å². The maximum atomic E-state index is 13.9. The van der Waals surface area contributed by atoms with Crippen LogP contribution in [0.1, 0.15) is 13.3 Å². The Kier molecular flexibility index (Phi) is 3.32. The molecule has 6 nitrogen and oxygen atoms in total. The molecule has 1 aliphatic rings. The second-order valence-corrected chi connectivity index (χ2v) is 4.67. The molecule has 0 amide bonds. The number of β-amino-alcohol motifs (C(OH)–C–C–N with tert-alkyl or cyclic N) is 1. The van der Waals surface area contributed by atoms with Gasteiger partial charge in [0.2, 0.25) is 0 Å². The minimum absolute atomic E-state index is 0.00772. The van der Waals surface area contributed by atoms with Gasteiger partial charge in [0.25, 0.3) is 0 Å². The Morgan fingerprint density at radius 1 is 1.58 bits per heavy atom. The summed E-state index contributed by atoms with van der Waals surface area (Å²) < 4.78 is 18.8. The third-order valence-corrected chi connectivity index (χ3v) is 3.41. The lowest BCUT2D eigenvalue weighted by molar-refractivity contribution is -0.385. The molecule has 0 saturated carbocycles. The predicted molar refractivity (Wildman–Crippen MR) is 67.1 cm³/mol. The first-order valence-corrected chi connectivity index (χ1v) is 5.89. The van der Waals surface area contributed by atoms with Crippen molar-refractivity contribution in [3.8, 4) is 5.75 Å². The standard InChI is InChI=1S/C12H15FN2O4/c1-3-12(16)6-14(7-12)9-5-11(19-2)10(15(17)18)4-8(9)13/h4-5,16H,3,6-7H2,1-2H3. The van der Waals surface area contributed by atoms with Crippen molar-refractivity contribution in [3.63, 3.8) is 0 Å². The van der Waals surface area contributed by atoms with Crippen LogP contribution in [0.4, 0.5) is 15.8 Å². The molecule has 1 fully saturated rings. The van der Waals surface area contributed by atoms with Crippen molar-refractivity contribution >= 4 is 11.4 Å². The van der Waals surface area contributed by atoms with E-state index in [1.807, 2.05) is 6.92 Å². The summed E-state index contributed by atoms with van der Waals surface area (Å²) in [4.78, 5) is 11.7. The number of benzene rings is 1. The number of nitrogens with zero attached hydrogens (tertiary/aromatic N) is 2. The number of aliphatic hydroxyl groups is 1. The van der Waals surface area contributed by atoms with Crippen LogP contribution in [0, 0.1) is 15.9 Å². The maximum Gasteiger partial charge on any atom is 0.313 e. The van der Waals surface area contributed by atoms with Gasteiger partial charge in [-0.15, -0.1) is 0 Å². The largest absolute Gasteiger partial charge is 0.490 e. The van der Waals surface area contributed by atoms with Gasteiger partial charge >= 0.3 is 5.69 Å². The summed E-state index contributed by atoms with van der Waals surface area (Å²) in [5.41, 5.74) is -1.00. The molecule has 1 saturated heterocycles. The number of hydrogen-bond acceptors (Lipinski definition) is 5. The zero-order valence-corrected chi connectivity index (χ0v) is 10.7. The molecule has 1 aromatic carbocycles. The number of halogens is 1. The van der Waals surface area contributed by atoms with Crippen molar-refractivity contribution in [1.82, 2.24) is 0 Å². The molecule has 0 aliphatic carbocycles. The summed E-state index contributed by atoms with van der Waals surface area (Å²) in [5, 5.41) is 20.7. The van der Waals surface area contributed by atoms with Gasteiger partial charge in [-0.25, -0.2) is 4.39 Å². The highest BCUT2D eigenvalue weighted by Gasteiger charge is 2.41. The zero-order valence-electron chi connectivity index (χ0n) is 10.7. The van der Waals surface area contributed by atoms with Gasteiger partial charge in [0.1, 0.15) is 0 Å². The molecular formula is C12H15FN2O4. The van der Waals surface area contributed by atoms with Crippen molar-refractivity contribution < 1.29 is 19.2 Å². The van der Waals surface area contributed by atoms with E-state index in [4.69, 9.17) is 4.74 Å². The fraction of sp³-hybridized carbons (Fsp3) is 0.500. The lowest BCUT2D eigenvalue weighted by Crippen LogP contribution is -2.61. The average Bonchev–Trinajstić information content (AvgIpc) is 2.34. The molecule has 1 aliphatic heterocycles. The van der Waals surface area contributed by atoms with E-state index >= 15 is 0 Å². The molecule has 1 N–H and O–H groups in total. The van der Waals surface area contributed by atoms with Crippen molar-refractivity contribution in [2.75, 3.05) is 25.1 Å². The second kappa shape index (κ2) is 4.65. The number of nitro groups is 1. The highest BCUT2D eigenvalue weighted by molar-refractivity contribution is 5.62. The Hall–Kier alpha value is -1.89. The smallest absolute Gasteiger partial charge is 0.313 e. The van der Waals surface area contributed by atoms with Crippen molar-refractivity contribution in [2.45, 2.75) is 18.9 Å². The van der Waals surface area contributed by atoms with Gasteiger partial charge in [0, 0.05) is 19.2 Å². The Bertz CT molecular complexity index is 515. The molecule has 19 heavy (non-hydrogen) atoms. The topological polar surface area (TPSA) is 75.8 Å². The minimum atomic E-state index is -0.804. The van der Waals surface area contributed by atoms with Crippen LogP contribution in [-0.2, 0) is 0 Å².